The van der Waals surface area contributed by atoms with Crippen molar-refractivity contribution in [3.63, 3.8) is 0 Å². The molecule has 0 fully saturated rings. The van der Waals surface area contributed by atoms with E-state index in [9.17, 15) is 14.4 Å². The van der Waals surface area contributed by atoms with Crippen molar-refractivity contribution in [3.8, 4) is 0 Å². The Morgan fingerprint density at radius 1 is 0.828 bits per heavy atom. The topological polar surface area (TPSA) is 69.7 Å². The number of ether oxygens (including phenoxy) is 2. The molecular weight excluding hydrogens is 575 g/mol. The van der Waals surface area contributed by atoms with Crippen LogP contribution in [0.1, 0.15) is 34.6 Å². The molecule has 0 aromatic heterocycles. The summed E-state index contributed by atoms with van der Waals surface area (Å²) in [4.78, 5) is 32.5. The maximum atomic E-state index is 10.9. The average molecular weight is 600 g/mol. The van der Waals surface area contributed by atoms with Crippen molar-refractivity contribution in [2.24, 2.45) is 10.8 Å². The van der Waals surface area contributed by atoms with E-state index in [1.165, 1.54) is 21.1 Å². The predicted molar refractivity (Wildman–Crippen MR) is 130 cm³/mol. The van der Waals surface area contributed by atoms with Gasteiger partial charge < -0.3 is 9.47 Å². The van der Waals surface area contributed by atoms with Crippen LogP contribution in [0, 0.1) is 10.8 Å². The van der Waals surface area contributed by atoms with Gasteiger partial charge in [-0.25, -0.2) is 0 Å². The quantitative estimate of drug-likeness (QED) is 0.140. The summed E-state index contributed by atoms with van der Waals surface area (Å²) in [6, 6.07) is 0. The first kappa shape index (κ1) is 37.4. The Morgan fingerprint density at radius 2 is 1.03 bits per heavy atom. The molecule has 0 aliphatic rings. The summed E-state index contributed by atoms with van der Waals surface area (Å²) in [6.07, 6.45) is 0. The zero-order valence-corrected chi connectivity index (χ0v) is 23.9. The van der Waals surface area contributed by atoms with Gasteiger partial charge in [0.25, 0.3) is 0 Å². The van der Waals surface area contributed by atoms with Crippen LogP contribution in [-0.2, 0) is 23.9 Å². The molecule has 5 nitrogen and oxygen atoms in total. The number of methoxy groups -OCH3 is 2. The molecule has 0 N–H and O–H groups in total. The zero-order chi connectivity index (χ0) is 24.9. The van der Waals surface area contributed by atoms with Crippen LogP contribution in [0.15, 0.2) is 11.6 Å². The molecule has 0 aromatic rings. The molecule has 0 aromatic carbocycles. The van der Waals surface area contributed by atoms with E-state index < -0.39 is 20.2 Å². The molecule has 0 atom stereocenters. The van der Waals surface area contributed by atoms with Crippen molar-refractivity contribution in [1.82, 2.24) is 0 Å². The number of hydrogen-bond donors (Lipinski definition) is 0. The second-order valence-electron chi connectivity index (χ2n) is 5.93. The molecule has 0 spiro atoms. The van der Waals surface area contributed by atoms with E-state index in [4.69, 9.17) is 91.0 Å². The van der Waals surface area contributed by atoms with E-state index in [1.54, 1.807) is 27.7 Å². The van der Waals surface area contributed by atoms with Crippen LogP contribution in [0.4, 0.5) is 0 Å². The van der Waals surface area contributed by atoms with Gasteiger partial charge in [-0.2, -0.15) is 0 Å². The third kappa shape index (κ3) is 25.2. The molecule has 176 valence electrons. The minimum absolute atomic E-state index is 0.181. The fraction of sp³-hybridized carbons (Fsp3) is 0.667. The molecule has 29 heavy (non-hydrogen) atoms. The van der Waals surface area contributed by atoms with Crippen LogP contribution in [-0.4, -0.2) is 37.3 Å². The van der Waals surface area contributed by atoms with E-state index in [1.807, 2.05) is 0 Å². The van der Waals surface area contributed by atoms with Gasteiger partial charge in [0.2, 0.25) is 0 Å². The van der Waals surface area contributed by atoms with Gasteiger partial charge in [-0.05, 0) is 34.6 Å². The average Bonchev–Trinajstić information content (AvgIpc) is 2.51. The third-order valence-electron chi connectivity index (χ3n) is 2.95. The summed E-state index contributed by atoms with van der Waals surface area (Å²) in [5.41, 5.74) is -1.77. The van der Waals surface area contributed by atoms with Gasteiger partial charge in [0.05, 0.1) is 25.0 Å². The first-order chi connectivity index (χ1) is 12.5. The molecule has 0 radical (unpaired) electrons. The van der Waals surface area contributed by atoms with E-state index in [2.05, 4.69) is 16.1 Å². The van der Waals surface area contributed by atoms with Crippen molar-refractivity contribution >= 4 is 112 Å². The Hall–Kier alpha value is 1.10. The van der Waals surface area contributed by atoms with Gasteiger partial charge in [0.15, 0.2) is 0 Å². The van der Waals surface area contributed by atoms with Gasteiger partial charge >= 0.3 is 71.5 Å². The number of Topliss-reactive ketones (excluding diaryl/α,β-unsaturated/α-hetero) is 1. The Morgan fingerprint density at radius 3 is 1.10 bits per heavy atom. The van der Waals surface area contributed by atoms with E-state index in [0.717, 1.165) is 0 Å². The van der Waals surface area contributed by atoms with Gasteiger partial charge in [-0.1, -0.05) is 18.2 Å². The molecule has 0 saturated carbocycles. The number of carbonyl (C=O) groups is 3. The van der Waals surface area contributed by atoms with Gasteiger partial charge in [-0.3, -0.25) is 14.4 Å². The van der Waals surface area contributed by atoms with Crippen molar-refractivity contribution in [3.05, 3.63) is 11.6 Å². The first-order valence-electron chi connectivity index (χ1n) is 7.26. The van der Waals surface area contributed by atoms with Crippen LogP contribution in [0.25, 0.3) is 0 Å². The van der Waals surface area contributed by atoms with Crippen LogP contribution >= 0.6 is 94.4 Å². The predicted octanol–water partition coefficient (Wildman–Crippen LogP) is 8.44. The SMILES string of the molecule is C=C(Cl)C(C)(C)C(=O)OC.COC(=O)C(C)(C)C(C)=O.ClCCl.ClP(Cl)(Cl)(Cl)Cl. The number of ketones is 1. The summed E-state index contributed by atoms with van der Waals surface area (Å²) in [6.45, 7) is 11.2. The fourth-order valence-corrected chi connectivity index (χ4v) is 0.842. The summed E-state index contributed by atoms with van der Waals surface area (Å²) < 4.78 is 5.22. The summed E-state index contributed by atoms with van der Waals surface area (Å²) >= 11 is 40.0. The second kappa shape index (κ2) is 15.8. The Labute approximate surface area is 211 Å². The molecule has 0 heterocycles. The third-order valence-corrected chi connectivity index (χ3v) is 3.42. The number of hydrogen-bond acceptors (Lipinski definition) is 5. The molecule has 14 heteroatoms. The second-order valence-corrected chi connectivity index (χ2v) is 23.8. The summed E-state index contributed by atoms with van der Waals surface area (Å²) in [7, 11) is 2.59. The normalized spacial score (nSPS) is 12.0. The standard InChI is InChI=1S/C7H11ClO2.C7H12O3.CH2Cl2.Cl5P/c2*1-5(8)7(2,3)6(9)10-4;2-1-3;1-6(2,3,4)5/h1H2,2-4H3;1-4H3;1H2;. The molecule has 0 bridgehead atoms. The summed E-state index contributed by atoms with van der Waals surface area (Å²) in [5.74, 6) is -1.04. The maximum absolute atomic E-state index is 10.9. The van der Waals surface area contributed by atoms with Gasteiger partial charge in [-0.15, -0.1) is 23.2 Å². The molecule has 0 aliphatic carbocycles. The molecule has 0 rings (SSSR count). The number of alkyl halides is 2. The van der Waals surface area contributed by atoms with Crippen LogP contribution in [0.2, 0.25) is 0 Å². The number of halogens is 8. The Balaban J connectivity index is -0.000000155. The van der Waals surface area contributed by atoms with E-state index >= 15 is 0 Å². The number of rotatable bonds is 4. The van der Waals surface area contributed by atoms with Crippen molar-refractivity contribution in [1.29, 1.82) is 0 Å². The van der Waals surface area contributed by atoms with Gasteiger partial charge in [0, 0.05) is 5.03 Å². The van der Waals surface area contributed by atoms with Crippen LogP contribution in [0.3, 0.4) is 0 Å². The van der Waals surface area contributed by atoms with Crippen LogP contribution in [0.5, 0.6) is 0 Å². The van der Waals surface area contributed by atoms with Crippen molar-refractivity contribution in [2.45, 2.75) is 34.6 Å². The van der Waals surface area contributed by atoms with Crippen molar-refractivity contribution in [2.75, 3.05) is 19.6 Å². The van der Waals surface area contributed by atoms with E-state index in [-0.39, 0.29) is 17.1 Å². The zero-order valence-electron chi connectivity index (χ0n) is 16.9. The molecule has 0 saturated heterocycles. The molecule has 0 aliphatic heterocycles. The molecular formula is C15H25Cl8O5P. The fourth-order valence-electron chi connectivity index (χ4n) is 0.765. The van der Waals surface area contributed by atoms with Crippen molar-refractivity contribution < 1.29 is 23.9 Å². The van der Waals surface area contributed by atoms with Gasteiger partial charge in [0.1, 0.15) is 11.2 Å². The van der Waals surface area contributed by atoms with E-state index in [0.29, 0.717) is 5.03 Å². The monoisotopic (exact) mass is 596 g/mol. The summed E-state index contributed by atoms with van der Waals surface area (Å²) in [5, 5.41) is 0.486. The Kier molecular flexibility index (Phi) is 20.4. The minimum atomic E-state index is -3.69. The first-order valence-corrected chi connectivity index (χ1v) is 15.5. The van der Waals surface area contributed by atoms with Crippen LogP contribution < -0.4 is 0 Å². The molecule has 0 unspecified atom stereocenters. The number of esters is 2. The number of carbonyl (C=O) groups excluding carboxylic acids is 3. The molecule has 0 amide bonds. The Bertz CT molecular complexity index is 502.